The van der Waals surface area contributed by atoms with Crippen LogP contribution in [0.5, 0.6) is 0 Å². The highest BCUT2D eigenvalue weighted by atomic mass is 35.5. The average Bonchev–Trinajstić information content (AvgIpc) is 1.59. The minimum Gasteiger partial charge on any atom is -0.394 e. The van der Waals surface area contributed by atoms with Crippen molar-refractivity contribution in [2.75, 3.05) is 39.5 Å². The van der Waals surface area contributed by atoms with Gasteiger partial charge in [-0.2, -0.15) is 10.2 Å². The molecule has 0 saturated carbocycles. The summed E-state index contributed by atoms with van der Waals surface area (Å²) in [5.74, 6) is -5.01. The molecule has 2 amide bonds. The van der Waals surface area contributed by atoms with Crippen molar-refractivity contribution in [3.05, 3.63) is 150 Å². The predicted octanol–water partition coefficient (Wildman–Crippen LogP) is 7.01. The molecular weight excluding hydrogens is 1290 g/mol. The molecule has 2 aliphatic heterocycles. The van der Waals surface area contributed by atoms with E-state index in [1.807, 2.05) is 0 Å². The highest BCUT2D eigenvalue weighted by Gasteiger charge is 2.52. The molecular formula is C54H50Cl6F4N14O10. The molecule has 8 aromatic rings. The van der Waals surface area contributed by atoms with Crippen LogP contribution >= 0.6 is 69.6 Å². The van der Waals surface area contributed by atoms with Gasteiger partial charge in [-0.1, -0.05) is 80.0 Å². The van der Waals surface area contributed by atoms with Crippen molar-refractivity contribution in [2.45, 2.75) is 87.6 Å². The van der Waals surface area contributed by atoms with Crippen molar-refractivity contribution in [3.63, 3.8) is 0 Å². The van der Waals surface area contributed by atoms with E-state index in [1.165, 1.54) is 46.0 Å². The van der Waals surface area contributed by atoms with Gasteiger partial charge in [-0.3, -0.25) is 9.59 Å². The Kier molecular flexibility index (Phi) is 20.3. The largest absolute Gasteiger partial charge is 0.394 e. The molecule has 2 fully saturated rings. The van der Waals surface area contributed by atoms with E-state index in [9.17, 15) is 47.6 Å². The molecule has 10 atom stereocenters. The molecule has 6 heterocycles. The van der Waals surface area contributed by atoms with E-state index >= 15 is 0 Å². The van der Waals surface area contributed by atoms with Crippen molar-refractivity contribution >= 4 is 81.4 Å². The van der Waals surface area contributed by atoms with Crippen LogP contribution in [0.1, 0.15) is 60.4 Å². The lowest BCUT2D eigenvalue weighted by molar-refractivity contribution is -0.223. The van der Waals surface area contributed by atoms with Crippen molar-refractivity contribution in [1.29, 1.82) is 0 Å². The van der Waals surface area contributed by atoms with Crippen LogP contribution in [-0.4, -0.2) is 168 Å². The monoisotopic (exact) mass is 1340 g/mol. The molecule has 0 radical (unpaired) electrons. The van der Waals surface area contributed by atoms with Gasteiger partial charge in [0, 0.05) is 34.3 Å². The minimum absolute atomic E-state index is 0.0460. The van der Waals surface area contributed by atoms with E-state index in [0.717, 1.165) is 33.6 Å². The van der Waals surface area contributed by atoms with Gasteiger partial charge in [0.1, 0.15) is 130 Å². The van der Waals surface area contributed by atoms with E-state index in [-0.39, 0.29) is 90.4 Å². The first kappa shape index (κ1) is 64.5. The number of aromatic nitrogens is 12. The zero-order chi connectivity index (χ0) is 62.8. The lowest BCUT2D eigenvalue weighted by Gasteiger charge is -2.43. The number of hydrogen-bond acceptors (Lipinski definition) is 18. The maximum absolute atomic E-state index is 14.6. The molecule has 6 N–H and O–H groups in total. The number of rotatable bonds is 21. The Hall–Kier alpha value is -6.48. The second-order valence-electron chi connectivity index (χ2n) is 20.2. The third kappa shape index (κ3) is 13.8. The average molecular weight is 1340 g/mol. The maximum atomic E-state index is 14.6. The summed E-state index contributed by atoms with van der Waals surface area (Å²) >= 11 is 37.5. The molecule has 0 spiro atoms. The fourth-order valence-corrected chi connectivity index (χ4v) is 11.1. The van der Waals surface area contributed by atoms with Crippen LogP contribution in [0.4, 0.5) is 17.6 Å². The first-order chi connectivity index (χ1) is 42.1. The Bertz CT molecular complexity index is 3580. The zero-order valence-electron chi connectivity index (χ0n) is 45.7. The number of carbonyl (C=O) groups is 2. The van der Waals surface area contributed by atoms with Crippen molar-refractivity contribution in [2.24, 2.45) is 0 Å². The van der Waals surface area contributed by atoms with Crippen LogP contribution in [0.2, 0.25) is 30.1 Å². The van der Waals surface area contributed by atoms with Crippen LogP contribution in [0.25, 0.3) is 33.9 Å². The Labute approximate surface area is 526 Å². The van der Waals surface area contributed by atoms with Gasteiger partial charge in [-0.25, -0.2) is 46.3 Å². The Morgan fingerprint density at radius 1 is 0.591 bits per heavy atom. The van der Waals surface area contributed by atoms with Gasteiger partial charge in [0.25, 0.3) is 0 Å². The third-order valence-corrected chi connectivity index (χ3v) is 16.1. The van der Waals surface area contributed by atoms with Gasteiger partial charge < -0.3 is 50.0 Å². The number of nitrogens with one attached hydrogen (secondary N) is 2. The molecule has 466 valence electrons. The lowest BCUT2D eigenvalue weighted by Crippen LogP contribution is -2.54. The van der Waals surface area contributed by atoms with E-state index in [2.05, 4.69) is 51.4 Å². The fourth-order valence-electron chi connectivity index (χ4n) is 10.1. The number of unbranched alkanes of at least 4 members (excludes halogenated alkanes) is 1. The number of halogens is 10. The molecule has 34 heteroatoms. The number of amides is 2. The topological polar surface area (TPSA) is 299 Å². The summed E-state index contributed by atoms with van der Waals surface area (Å²) in [5, 5.41) is 75.2. The molecule has 2 saturated heterocycles. The summed E-state index contributed by atoms with van der Waals surface area (Å²) in [6.07, 6.45) is -8.25. The van der Waals surface area contributed by atoms with E-state index in [4.69, 9.17) is 88.6 Å². The number of nitrogens with zero attached hydrogens (tertiary/aromatic N) is 12. The van der Waals surface area contributed by atoms with Gasteiger partial charge in [0.05, 0.1) is 47.0 Å². The third-order valence-electron chi connectivity index (χ3n) is 14.2. The van der Waals surface area contributed by atoms with E-state index in [0.29, 0.717) is 12.8 Å². The van der Waals surface area contributed by atoms with Crippen LogP contribution < -0.4 is 10.6 Å². The summed E-state index contributed by atoms with van der Waals surface area (Å²) in [6.45, 7) is 0.505. The van der Waals surface area contributed by atoms with Gasteiger partial charge >= 0.3 is 0 Å². The summed E-state index contributed by atoms with van der Waals surface area (Å²) in [6, 6.07) is 10.3. The molecule has 2 aliphatic rings. The van der Waals surface area contributed by atoms with Gasteiger partial charge in [0.15, 0.2) is 11.6 Å². The smallest absolute Gasteiger partial charge is 0.246 e. The first-order valence-corrected chi connectivity index (χ1v) is 29.0. The molecule has 0 aliphatic carbocycles. The Balaban J connectivity index is 0.825. The van der Waals surface area contributed by atoms with Crippen molar-refractivity contribution in [1.82, 2.24) is 70.2 Å². The second-order valence-corrected chi connectivity index (χ2v) is 22.6. The SMILES string of the molecule is Cc1nc([C@H]2O[C@@H](CO)[C@@H](O)[C@@H](n3cc(-c4cc(F)c(Cl)c(F)c4)nn3)[C@@H]2OCC(=O)NCCCCNC(=O)CO[C@@H]2[C@@H](n3cc(-c4cc(F)c(Cl)c(F)c4)nn3)[C@@H](O)[C@@H](CO)O[C@H]2c2nc(C)nn2-c2cc(Cl)ccc2Cl)n(-c2cc(Cl)ccc2Cl)n1. The highest BCUT2D eigenvalue weighted by Crippen LogP contribution is 2.44. The highest BCUT2D eigenvalue weighted by molar-refractivity contribution is 6.35. The number of aryl methyl sites for hydroxylation is 2. The molecule has 24 nitrogen and oxygen atoms in total. The number of benzene rings is 4. The van der Waals surface area contributed by atoms with Crippen molar-refractivity contribution < 1.29 is 66.5 Å². The van der Waals surface area contributed by atoms with Crippen LogP contribution in [-0.2, 0) is 28.5 Å². The molecule has 4 aromatic heterocycles. The summed E-state index contributed by atoms with van der Waals surface area (Å²) in [4.78, 5) is 36.4. The minimum atomic E-state index is -1.62. The van der Waals surface area contributed by atoms with Crippen LogP contribution in [0.3, 0.4) is 0 Å². The summed E-state index contributed by atoms with van der Waals surface area (Å²) < 4.78 is 88.6. The number of ether oxygens (including phenoxy) is 4. The maximum Gasteiger partial charge on any atom is 0.246 e. The zero-order valence-corrected chi connectivity index (χ0v) is 50.3. The second kappa shape index (κ2) is 27.7. The molecule has 88 heavy (non-hydrogen) atoms. The standard InChI is InChI=1S/C54H50Cl6F4N14O10/c1-23-67-53(77(71-23)37-15-27(55)5-7-29(37)57)51-49(45(47(83)39(19-79)87-51)75-17-35(69-73-75)25-11-31(61)43(59)32(62)12-25)85-21-41(81)65-9-3-4-10-66-42(82)22-86-50-46(76-18-36(70-74-76)26-13-33(63)44(60)34(64)14-26)48(84)40(20-80)88-52(50)54-68-24(2)72-78(54)38-16-28(56)6-8-30(38)58/h5-8,11-18,39-40,45-52,79-80,83-84H,3-4,9-10,19-22H2,1-2H3,(H,65,81)(H,66,82)/t39-,40+,45+,46-,47+,48-,49-,50+,51-,52+. The van der Waals surface area contributed by atoms with Gasteiger partial charge in [0.2, 0.25) is 11.8 Å². The Morgan fingerprint density at radius 3 is 1.33 bits per heavy atom. The number of carbonyl (C=O) groups excluding carboxylic acids is 2. The van der Waals surface area contributed by atoms with E-state index in [1.54, 1.807) is 26.0 Å². The Morgan fingerprint density at radius 2 is 0.966 bits per heavy atom. The summed E-state index contributed by atoms with van der Waals surface area (Å²) in [7, 11) is 0. The quantitative estimate of drug-likeness (QED) is 0.0239. The summed E-state index contributed by atoms with van der Waals surface area (Å²) in [5.41, 5.74) is 0.336. The predicted molar refractivity (Wildman–Crippen MR) is 307 cm³/mol. The number of hydrogen-bond donors (Lipinski definition) is 6. The van der Waals surface area contributed by atoms with Gasteiger partial charge in [-0.05, 0) is 87.4 Å². The number of aliphatic hydroxyl groups is 4. The van der Waals surface area contributed by atoms with Crippen LogP contribution in [0, 0.1) is 37.1 Å². The van der Waals surface area contributed by atoms with Crippen LogP contribution in [0.15, 0.2) is 73.1 Å². The van der Waals surface area contributed by atoms with Gasteiger partial charge in [-0.15, -0.1) is 10.2 Å². The normalized spacial score (nSPS) is 22.1. The van der Waals surface area contributed by atoms with E-state index < -0.39 is 132 Å². The first-order valence-electron chi connectivity index (χ1n) is 26.7. The van der Waals surface area contributed by atoms with Crippen molar-refractivity contribution in [3.8, 4) is 33.9 Å². The molecule has 10 rings (SSSR count). The molecule has 0 unspecified atom stereocenters. The number of aliphatic hydroxyl groups excluding tert-OH is 4. The molecule has 0 bridgehead atoms. The molecule has 4 aromatic carbocycles. The fraction of sp³-hybridized carbons (Fsp3) is 0.370. The lowest BCUT2D eigenvalue weighted by atomic mass is 9.91.